The zero-order valence-electron chi connectivity index (χ0n) is 9.08. The van der Waals surface area contributed by atoms with Crippen LogP contribution in [0.5, 0.6) is 0 Å². The maximum atomic E-state index is 10.3. The van der Waals surface area contributed by atoms with Gasteiger partial charge >= 0.3 is 5.97 Å². The molecule has 0 fully saturated rings. The van der Waals surface area contributed by atoms with Crippen LogP contribution in [0.2, 0.25) is 0 Å². The zero-order valence-corrected chi connectivity index (χ0v) is 10.7. The highest BCUT2D eigenvalue weighted by Crippen LogP contribution is 2.11. The zero-order chi connectivity index (χ0) is 11.8. The molecule has 0 bridgehead atoms. The second kappa shape index (κ2) is 7.41. The van der Waals surface area contributed by atoms with Gasteiger partial charge in [-0.3, -0.25) is 4.79 Å². The molecule has 0 unspecified atom stereocenters. The molecule has 1 aromatic rings. The monoisotopic (exact) mass is 285 g/mol. The van der Waals surface area contributed by atoms with Crippen molar-refractivity contribution in [3.63, 3.8) is 0 Å². The Bertz CT molecular complexity index is 342. The van der Waals surface area contributed by atoms with Crippen LogP contribution in [0.25, 0.3) is 0 Å². The first-order valence-electron chi connectivity index (χ1n) is 5.35. The van der Waals surface area contributed by atoms with Crippen molar-refractivity contribution in [1.29, 1.82) is 0 Å². The van der Waals surface area contributed by atoms with Gasteiger partial charge in [0.15, 0.2) is 0 Å². The predicted octanol–water partition coefficient (Wildman–Crippen LogP) is 2.45. The van der Waals surface area contributed by atoms with Gasteiger partial charge in [0.05, 0.1) is 0 Å². The van der Waals surface area contributed by atoms with Gasteiger partial charge in [-0.05, 0) is 43.6 Å². The Morgan fingerprint density at radius 2 is 2.19 bits per heavy atom. The van der Waals surface area contributed by atoms with Gasteiger partial charge in [-0.1, -0.05) is 28.1 Å². The van der Waals surface area contributed by atoms with E-state index in [1.54, 1.807) is 0 Å². The molecule has 0 spiro atoms. The van der Waals surface area contributed by atoms with Gasteiger partial charge in [0.2, 0.25) is 0 Å². The molecule has 1 aromatic carbocycles. The molecule has 0 amide bonds. The highest BCUT2D eigenvalue weighted by Gasteiger charge is 1.96. The van der Waals surface area contributed by atoms with Gasteiger partial charge in [0.1, 0.15) is 0 Å². The van der Waals surface area contributed by atoms with Crippen molar-refractivity contribution in [1.82, 2.24) is 5.32 Å². The van der Waals surface area contributed by atoms with E-state index in [4.69, 9.17) is 5.11 Å². The summed E-state index contributed by atoms with van der Waals surface area (Å²) in [5.41, 5.74) is 1.28. The molecular formula is C12H16BrNO2. The van der Waals surface area contributed by atoms with Crippen LogP contribution in [-0.2, 0) is 11.2 Å². The van der Waals surface area contributed by atoms with E-state index in [1.807, 2.05) is 12.1 Å². The molecule has 0 aliphatic carbocycles. The molecule has 0 radical (unpaired) electrons. The van der Waals surface area contributed by atoms with Crippen molar-refractivity contribution in [2.24, 2.45) is 0 Å². The van der Waals surface area contributed by atoms with Gasteiger partial charge < -0.3 is 10.4 Å². The van der Waals surface area contributed by atoms with E-state index in [9.17, 15) is 4.79 Å². The molecule has 2 N–H and O–H groups in total. The predicted molar refractivity (Wildman–Crippen MR) is 67.6 cm³/mol. The number of hydrogen-bond acceptors (Lipinski definition) is 2. The lowest BCUT2D eigenvalue weighted by molar-refractivity contribution is -0.137. The SMILES string of the molecule is O=C(O)CCCNCCc1cccc(Br)c1. The molecule has 88 valence electrons. The number of benzene rings is 1. The Balaban J connectivity index is 2.09. The highest BCUT2D eigenvalue weighted by atomic mass is 79.9. The summed E-state index contributed by atoms with van der Waals surface area (Å²) in [6, 6.07) is 8.20. The van der Waals surface area contributed by atoms with Crippen molar-refractivity contribution < 1.29 is 9.90 Å². The summed E-state index contributed by atoms with van der Waals surface area (Å²) in [6.45, 7) is 1.65. The number of rotatable bonds is 7. The molecule has 0 aliphatic rings. The number of halogens is 1. The summed E-state index contributed by atoms with van der Waals surface area (Å²) >= 11 is 3.43. The van der Waals surface area contributed by atoms with E-state index in [0.717, 1.165) is 24.0 Å². The normalized spacial score (nSPS) is 10.3. The number of carboxylic acids is 1. The van der Waals surface area contributed by atoms with E-state index < -0.39 is 5.97 Å². The topological polar surface area (TPSA) is 49.3 Å². The maximum absolute atomic E-state index is 10.3. The minimum absolute atomic E-state index is 0.240. The average Bonchev–Trinajstić information content (AvgIpc) is 2.23. The quantitative estimate of drug-likeness (QED) is 0.757. The van der Waals surface area contributed by atoms with Crippen molar-refractivity contribution in [3.8, 4) is 0 Å². The molecule has 0 saturated carbocycles. The van der Waals surface area contributed by atoms with Gasteiger partial charge in [-0.15, -0.1) is 0 Å². The van der Waals surface area contributed by atoms with E-state index in [2.05, 4.69) is 33.4 Å². The molecular weight excluding hydrogens is 270 g/mol. The molecule has 0 atom stereocenters. The van der Waals surface area contributed by atoms with Crippen molar-refractivity contribution in [3.05, 3.63) is 34.3 Å². The van der Waals surface area contributed by atoms with Crippen LogP contribution in [-0.4, -0.2) is 24.2 Å². The Morgan fingerprint density at radius 3 is 2.88 bits per heavy atom. The van der Waals surface area contributed by atoms with Crippen LogP contribution in [0.4, 0.5) is 0 Å². The Kier molecular flexibility index (Phi) is 6.11. The summed E-state index contributed by atoms with van der Waals surface area (Å²) in [6.07, 6.45) is 1.89. The second-order valence-corrected chi connectivity index (χ2v) is 4.54. The third-order valence-electron chi connectivity index (χ3n) is 2.22. The van der Waals surface area contributed by atoms with Crippen molar-refractivity contribution in [2.45, 2.75) is 19.3 Å². The summed E-state index contributed by atoms with van der Waals surface area (Å²) in [7, 11) is 0. The Labute approximate surface area is 104 Å². The van der Waals surface area contributed by atoms with Crippen LogP contribution in [0.1, 0.15) is 18.4 Å². The van der Waals surface area contributed by atoms with Crippen LogP contribution in [0, 0.1) is 0 Å². The second-order valence-electron chi connectivity index (χ2n) is 3.63. The number of nitrogens with one attached hydrogen (secondary N) is 1. The first-order chi connectivity index (χ1) is 7.68. The van der Waals surface area contributed by atoms with Gasteiger partial charge in [0, 0.05) is 10.9 Å². The fourth-order valence-corrected chi connectivity index (χ4v) is 1.86. The summed E-state index contributed by atoms with van der Waals surface area (Å²) in [4.78, 5) is 10.3. The molecule has 0 aliphatic heterocycles. The first kappa shape index (κ1) is 13.2. The number of carbonyl (C=O) groups is 1. The molecule has 0 heterocycles. The molecule has 4 heteroatoms. The van der Waals surface area contributed by atoms with Crippen LogP contribution < -0.4 is 5.32 Å². The third kappa shape index (κ3) is 5.88. The lowest BCUT2D eigenvalue weighted by atomic mass is 10.1. The van der Waals surface area contributed by atoms with E-state index >= 15 is 0 Å². The molecule has 0 saturated heterocycles. The largest absolute Gasteiger partial charge is 0.481 e. The molecule has 1 rings (SSSR count). The van der Waals surface area contributed by atoms with Crippen LogP contribution >= 0.6 is 15.9 Å². The van der Waals surface area contributed by atoms with Gasteiger partial charge in [0.25, 0.3) is 0 Å². The van der Waals surface area contributed by atoms with Crippen LogP contribution in [0.15, 0.2) is 28.7 Å². The lowest BCUT2D eigenvalue weighted by Gasteiger charge is -2.04. The maximum Gasteiger partial charge on any atom is 0.303 e. The standard InChI is InChI=1S/C12H16BrNO2/c13-11-4-1-3-10(9-11)6-8-14-7-2-5-12(15)16/h1,3-4,9,14H,2,5-8H2,(H,15,16). The third-order valence-corrected chi connectivity index (χ3v) is 2.72. The fourth-order valence-electron chi connectivity index (χ4n) is 1.41. The Morgan fingerprint density at radius 1 is 1.38 bits per heavy atom. The van der Waals surface area contributed by atoms with Gasteiger partial charge in [-0.2, -0.15) is 0 Å². The van der Waals surface area contributed by atoms with E-state index in [-0.39, 0.29) is 6.42 Å². The average molecular weight is 286 g/mol. The molecule has 0 aromatic heterocycles. The summed E-state index contributed by atoms with van der Waals surface area (Å²) < 4.78 is 1.09. The highest BCUT2D eigenvalue weighted by molar-refractivity contribution is 9.10. The number of carboxylic acid groups (broad SMARTS) is 1. The number of hydrogen-bond donors (Lipinski definition) is 2. The van der Waals surface area contributed by atoms with E-state index in [0.29, 0.717) is 6.42 Å². The first-order valence-corrected chi connectivity index (χ1v) is 6.15. The lowest BCUT2D eigenvalue weighted by Crippen LogP contribution is -2.19. The smallest absolute Gasteiger partial charge is 0.303 e. The number of aliphatic carboxylic acids is 1. The summed E-state index contributed by atoms with van der Waals surface area (Å²) in [5, 5.41) is 11.7. The minimum Gasteiger partial charge on any atom is -0.481 e. The molecule has 3 nitrogen and oxygen atoms in total. The fraction of sp³-hybridized carbons (Fsp3) is 0.417. The van der Waals surface area contributed by atoms with Gasteiger partial charge in [-0.25, -0.2) is 0 Å². The van der Waals surface area contributed by atoms with E-state index in [1.165, 1.54) is 5.56 Å². The minimum atomic E-state index is -0.728. The van der Waals surface area contributed by atoms with Crippen molar-refractivity contribution in [2.75, 3.05) is 13.1 Å². The molecule has 16 heavy (non-hydrogen) atoms. The van der Waals surface area contributed by atoms with Crippen LogP contribution in [0.3, 0.4) is 0 Å². The Hall–Kier alpha value is -0.870. The summed E-state index contributed by atoms with van der Waals surface area (Å²) in [5.74, 6) is -0.728. The van der Waals surface area contributed by atoms with Crippen molar-refractivity contribution >= 4 is 21.9 Å².